The molecule has 0 N–H and O–H groups in total. The summed E-state index contributed by atoms with van der Waals surface area (Å²) in [5, 5.41) is 12.9. The van der Waals surface area contributed by atoms with Gasteiger partial charge in [-0.05, 0) is 0 Å². The number of rotatable bonds is 2. The van der Waals surface area contributed by atoms with E-state index in [1.807, 2.05) is 30.2 Å². The second-order valence-electron chi connectivity index (χ2n) is 4.72. The minimum absolute atomic E-state index is 0.350. The molecule has 0 aliphatic carbocycles. The van der Waals surface area contributed by atoms with Crippen molar-refractivity contribution >= 4 is 11.5 Å². The lowest BCUT2D eigenvalue weighted by Crippen LogP contribution is -2.46. The van der Waals surface area contributed by atoms with E-state index in [9.17, 15) is 0 Å². The van der Waals surface area contributed by atoms with Crippen LogP contribution in [0.15, 0.2) is 24.8 Å². The van der Waals surface area contributed by atoms with Crippen molar-refractivity contribution in [1.82, 2.24) is 19.7 Å². The van der Waals surface area contributed by atoms with Crippen LogP contribution >= 0.6 is 0 Å². The molecular formula is C13H15N7. The van der Waals surface area contributed by atoms with Gasteiger partial charge in [-0.3, -0.25) is 4.68 Å². The zero-order chi connectivity index (χ0) is 13.9. The summed E-state index contributed by atoms with van der Waals surface area (Å²) in [6, 6.07) is 1.98. The van der Waals surface area contributed by atoms with E-state index in [2.05, 4.69) is 24.9 Å². The Balaban J connectivity index is 1.64. The first-order valence-corrected chi connectivity index (χ1v) is 6.47. The fourth-order valence-electron chi connectivity index (χ4n) is 2.31. The Morgan fingerprint density at radius 2 is 1.80 bits per heavy atom. The van der Waals surface area contributed by atoms with Crippen molar-refractivity contribution in [3.63, 3.8) is 0 Å². The van der Waals surface area contributed by atoms with Crippen molar-refractivity contribution in [3.05, 3.63) is 30.5 Å². The first-order chi connectivity index (χ1) is 9.76. The topological polar surface area (TPSA) is 73.9 Å². The normalized spacial score (nSPS) is 15.2. The molecule has 0 unspecified atom stereocenters. The molecule has 0 radical (unpaired) electrons. The first kappa shape index (κ1) is 12.4. The molecule has 7 nitrogen and oxygen atoms in total. The largest absolute Gasteiger partial charge is 0.365 e. The molecule has 2 aromatic rings. The van der Waals surface area contributed by atoms with E-state index in [0.29, 0.717) is 5.69 Å². The molecular weight excluding hydrogens is 254 g/mol. The van der Waals surface area contributed by atoms with E-state index < -0.39 is 0 Å². The zero-order valence-corrected chi connectivity index (χ0v) is 11.3. The van der Waals surface area contributed by atoms with Crippen LogP contribution in [0.4, 0.5) is 11.5 Å². The lowest BCUT2D eigenvalue weighted by Gasteiger charge is -2.35. The monoisotopic (exact) mass is 269 g/mol. The summed E-state index contributed by atoms with van der Waals surface area (Å²) in [5.41, 5.74) is 1.50. The number of nitrogens with zero attached hydrogens (tertiary/aromatic N) is 7. The van der Waals surface area contributed by atoms with Crippen LogP contribution in [0.1, 0.15) is 5.69 Å². The van der Waals surface area contributed by atoms with Crippen LogP contribution in [0.2, 0.25) is 0 Å². The fourth-order valence-corrected chi connectivity index (χ4v) is 2.31. The molecule has 1 saturated heterocycles. The third-order valence-electron chi connectivity index (χ3n) is 3.41. The van der Waals surface area contributed by atoms with Gasteiger partial charge in [0.15, 0.2) is 5.69 Å². The summed E-state index contributed by atoms with van der Waals surface area (Å²) in [7, 11) is 1.92. The van der Waals surface area contributed by atoms with Gasteiger partial charge < -0.3 is 9.80 Å². The molecule has 0 saturated carbocycles. The number of piperazine rings is 1. The Hall–Kier alpha value is -2.62. The van der Waals surface area contributed by atoms with E-state index in [-0.39, 0.29) is 0 Å². The highest BCUT2D eigenvalue weighted by Gasteiger charge is 2.19. The highest BCUT2D eigenvalue weighted by molar-refractivity contribution is 5.46. The standard InChI is InChI=1S/C13H15N7/c1-18-10-12(8-17-18)19-2-4-20(5-3-19)13-9-15-11(6-14)7-16-13/h7-10H,2-5H2,1H3. The minimum atomic E-state index is 0.350. The maximum absolute atomic E-state index is 8.72. The van der Waals surface area contributed by atoms with Crippen molar-refractivity contribution < 1.29 is 0 Å². The second-order valence-corrected chi connectivity index (χ2v) is 4.72. The number of hydrogen-bond donors (Lipinski definition) is 0. The number of nitriles is 1. The zero-order valence-electron chi connectivity index (χ0n) is 11.3. The lowest BCUT2D eigenvalue weighted by atomic mass is 10.3. The molecule has 1 fully saturated rings. The van der Waals surface area contributed by atoms with Crippen LogP contribution in [0, 0.1) is 11.3 Å². The first-order valence-electron chi connectivity index (χ1n) is 6.47. The quantitative estimate of drug-likeness (QED) is 0.786. The Labute approximate surface area is 117 Å². The molecule has 0 aromatic carbocycles. The van der Waals surface area contributed by atoms with Gasteiger partial charge in [0.05, 0.1) is 24.3 Å². The molecule has 0 spiro atoms. The van der Waals surface area contributed by atoms with Crippen LogP contribution in [0.25, 0.3) is 0 Å². The van der Waals surface area contributed by atoms with Crippen LogP contribution in [-0.2, 0) is 7.05 Å². The molecule has 3 heterocycles. The van der Waals surface area contributed by atoms with Gasteiger partial charge in [-0.25, -0.2) is 9.97 Å². The molecule has 0 atom stereocenters. The summed E-state index contributed by atoms with van der Waals surface area (Å²) in [6.45, 7) is 3.62. The number of aromatic nitrogens is 4. The molecule has 102 valence electrons. The van der Waals surface area contributed by atoms with Gasteiger partial charge in [0, 0.05) is 39.4 Å². The second kappa shape index (κ2) is 5.17. The Morgan fingerprint density at radius 1 is 1.05 bits per heavy atom. The van der Waals surface area contributed by atoms with Gasteiger partial charge >= 0.3 is 0 Å². The van der Waals surface area contributed by atoms with E-state index in [1.54, 1.807) is 6.20 Å². The maximum atomic E-state index is 8.72. The van der Waals surface area contributed by atoms with Crippen molar-refractivity contribution in [3.8, 4) is 6.07 Å². The minimum Gasteiger partial charge on any atom is -0.365 e. The highest BCUT2D eigenvalue weighted by atomic mass is 15.3. The number of anilines is 2. The molecule has 7 heteroatoms. The molecule has 1 aliphatic heterocycles. The molecule has 2 aromatic heterocycles. The Kier molecular flexibility index (Phi) is 3.21. The van der Waals surface area contributed by atoms with Gasteiger partial charge in [-0.1, -0.05) is 0 Å². The fraction of sp³-hybridized carbons (Fsp3) is 0.385. The van der Waals surface area contributed by atoms with E-state index in [4.69, 9.17) is 5.26 Å². The smallest absolute Gasteiger partial charge is 0.158 e. The van der Waals surface area contributed by atoms with Crippen LogP contribution in [0.3, 0.4) is 0 Å². The van der Waals surface area contributed by atoms with Crippen LogP contribution in [-0.4, -0.2) is 45.9 Å². The van der Waals surface area contributed by atoms with Gasteiger partial charge in [-0.2, -0.15) is 10.4 Å². The maximum Gasteiger partial charge on any atom is 0.158 e. The Bertz CT molecular complexity index is 617. The molecule has 0 amide bonds. The summed E-state index contributed by atoms with van der Waals surface area (Å²) < 4.78 is 1.81. The van der Waals surface area contributed by atoms with Gasteiger partial charge in [0.1, 0.15) is 11.9 Å². The third kappa shape index (κ3) is 2.40. The van der Waals surface area contributed by atoms with Gasteiger partial charge in [0.2, 0.25) is 0 Å². The van der Waals surface area contributed by atoms with E-state index >= 15 is 0 Å². The molecule has 1 aliphatic rings. The van der Waals surface area contributed by atoms with Gasteiger partial charge in [-0.15, -0.1) is 0 Å². The average Bonchev–Trinajstić information content (AvgIpc) is 2.94. The summed E-state index contributed by atoms with van der Waals surface area (Å²) in [6.07, 6.45) is 7.09. The predicted octanol–water partition coefficient (Wildman–Crippen LogP) is 0.408. The third-order valence-corrected chi connectivity index (χ3v) is 3.41. The summed E-state index contributed by atoms with van der Waals surface area (Å²) in [4.78, 5) is 12.8. The SMILES string of the molecule is Cn1cc(N2CCN(c3cnc(C#N)cn3)CC2)cn1. The van der Waals surface area contributed by atoms with E-state index in [1.165, 1.54) is 6.20 Å². The summed E-state index contributed by atoms with van der Waals surface area (Å²) in [5.74, 6) is 0.829. The number of aryl methyl sites for hydroxylation is 1. The van der Waals surface area contributed by atoms with Crippen LogP contribution < -0.4 is 9.80 Å². The van der Waals surface area contributed by atoms with Crippen LogP contribution in [0.5, 0.6) is 0 Å². The van der Waals surface area contributed by atoms with Crippen molar-refractivity contribution in [2.24, 2.45) is 7.05 Å². The number of hydrogen-bond acceptors (Lipinski definition) is 6. The highest BCUT2D eigenvalue weighted by Crippen LogP contribution is 2.17. The molecule has 20 heavy (non-hydrogen) atoms. The predicted molar refractivity (Wildman–Crippen MR) is 74.4 cm³/mol. The molecule has 0 bridgehead atoms. The van der Waals surface area contributed by atoms with Crippen molar-refractivity contribution in [2.75, 3.05) is 36.0 Å². The van der Waals surface area contributed by atoms with Crippen molar-refractivity contribution in [2.45, 2.75) is 0 Å². The lowest BCUT2D eigenvalue weighted by molar-refractivity contribution is 0.646. The van der Waals surface area contributed by atoms with Crippen molar-refractivity contribution in [1.29, 1.82) is 5.26 Å². The molecule has 3 rings (SSSR count). The van der Waals surface area contributed by atoms with E-state index in [0.717, 1.165) is 37.7 Å². The Morgan fingerprint density at radius 3 is 2.35 bits per heavy atom. The van der Waals surface area contributed by atoms with Gasteiger partial charge in [0.25, 0.3) is 0 Å². The summed E-state index contributed by atoms with van der Waals surface area (Å²) >= 11 is 0. The average molecular weight is 269 g/mol.